The van der Waals surface area contributed by atoms with Crippen LogP contribution in [0.4, 0.5) is 0 Å². The van der Waals surface area contributed by atoms with Gasteiger partial charge in [-0.3, -0.25) is 4.90 Å². The summed E-state index contributed by atoms with van der Waals surface area (Å²) in [5, 5.41) is 3.40. The van der Waals surface area contributed by atoms with Gasteiger partial charge in [0.2, 0.25) is 0 Å². The fourth-order valence-corrected chi connectivity index (χ4v) is 2.67. The third-order valence-electron chi connectivity index (χ3n) is 3.89. The van der Waals surface area contributed by atoms with Crippen molar-refractivity contribution in [1.82, 2.24) is 15.1 Å². The highest BCUT2D eigenvalue weighted by atomic mass is 16.3. The molecule has 0 unspecified atom stereocenters. The minimum atomic E-state index is 0.904. The molecular weight excluding hydrogens is 250 g/mol. The number of likely N-dealkylation sites (tertiary alicyclic amines) is 1. The van der Waals surface area contributed by atoms with E-state index in [4.69, 9.17) is 4.42 Å². The quantitative estimate of drug-likeness (QED) is 0.703. The van der Waals surface area contributed by atoms with Crippen LogP contribution in [0.3, 0.4) is 0 Å². The molecule has 0 amide bonds. The molecule has 0 atom stereocenters. The highest BCUT2D eigenvalue weighted by Crippen LogP contribution is 2.11. The van der Waals surface area contributed by atoms with Crippen molar-refractivity contribution < 1.29 is 4.42 Å². The minimum absolute atomic E-state index is 0.904. The van der Waals surface area contributed by atoms with Crippen LogP contribution in [-0.2, 0) is 13.1 Å². The normalized spacial score (nSPS) is 16.4. The molecule has 0 spiro atoms. The molecule has 0 radical (unpaired) electrons. The molecule has 4 nitrogen and oxygen atoms in total. The number of nitrogens with one attached hydrogen (secondary N) is 1. The SMILES string of the molecule is CCCNCc1coc(CN(C)CCN2CCCC2)c1. The maximum absolute atomic E-state index is 5.64. The molecule has 1 aromatic rings. The standard InChI is InChI=1S/C16H29N3O/c1-3-6-17-12-15-11-16(20-14-15)13-18(2)9-10-19-7-4-5-8-19/h11,14,17H,3-10,12-13H2,1-2H3. The van der Waals surface area contributed by atoms with Gasteiger partial charge in [-0.05, 0) is 52.0 Å². The second kappa shape index (κ2) is 8.45. The van der Waals surface area contributed by atoms with Crippen molar-refractivity contribution in [3.63, 3.8) is 0 Å². The summed E-state index contributed by atoms with van der Waals surface area (Å²) in [7, 11) is 2.17. The first-order valence-corrected chi connectivity index (χ1v) is 7.96. The average Bonchev–Trinajstić information content (AvgIpc) is 3.08. The molecule has 1 fully saturated rings. The van der Waals surface area contributed by atoms with Gasteiger partial charge in [0.25, 0.3) is 0 Å². The Kier molecular flexibility index (Phi) is 6.57. The Morgan fingerprint density at radius 3 is 2.90 bits per heavy atom. The number of likely N-dealkylation sites (N-methyl/N-ethyl adjacent to an activating group) is 1. The third-order valence-corrected chi connectivity index (χ3v) is 3.89. The summed E-state index contributed by atoms with van der Waals surface area (Å²) >= 11 is 0. The Hall–Kier alpha value is -0.840. The van der Waals surface area contributed by atoms with Crippen molar-refractivity contribution in [3.8, 4) is 0 Å². The fraction of sp³-hybridized carbons (Fsp3) is 0.750. The molecule has 1 saturated heterocycles. The largest absolute Gasteiger partial charge is 0.468 e. The number of furan rings is 1. The van der Waals surface area contributed by atoms with Crippen LogP contribution in [0, 0.1) is 0 Å². The first kappa shape index (κ1) is 15.5. The lowest BCUT2D eigenvalue weighted by Gasteiger charge is -2.20. The van der Waals surface area contributed by atoms with E-state index >= 15 is 0 Å². The Morgan fingerprint density at radius 2 is 2.15 bits per heavy atom. The lowest BCUT2D eigenvalue weighted by atomic mass is 10.3. The van der Waals surface area contributed by atoms with E-state index in [0.29, 0.717) is 0 Å². The summed E-state index contributed by atoms with van der Waals surface area (Å²) in [6.45, 7) is 9.92. The van der Waals surface area contributed by atoms with Crippen LogP contribution >= 0.6 is 0 Å². The van der Waals surface area contributed by atoms with Crippen molar-refractivity contribution in [1.29, 1.82) is 0 Å². The van der Waals surface area contributed by atoms with Crippen LogP contribution in [-0.4, -0.2) is 49.6 Å². The summed E-state index contributed by atoms with van der Waals surface area (Å²) in [5.41, 5.74) is 1.25. The highest BCUT2D eigenvalue weighted by Gasteiger charge is 2.12. The molecule has 0 aromatic carbocycles. The van der Waals surface area contributed by atoms with Gasteiger partial charge in [0.05, 0.1) is 12.8 Å². The number of nitrogens with zero attached hydrogens (tertiary/aromatic N) is 2. The second-order valence-electron chi connectivity index (χ2n) is 5.88. The molecule has 2 rings (SSSR count). The van der Waals surface area contributed by atoms with Crippen molar-refractivity contribution in [3.05, 3.63) is 23.7 Å². The van der Waals surface area contributed by atoms with Gasteiger partial charge < -0.3 is 14.6 Å². The zero-order valence-corrected chi connectivity index (χ0v) is 13.0. The Labute approximate surface area is 123 Å². The summed E-state index contributed by atoms with van der Waals surface area (Å²) in [4.78, 5) is 4.90. The Morgan fingerprint density at radius 1 is 1.35 bits per heavy atom. The maximum Gasteiger partial charge on any atom is 0.118 e. The smallest absolute Gasteiger partial charge is 0.118 e. The highest BCUT2D eigenvalue weighted by molar-refractivity contribution is 5.12. The maximum atomic E-state index is 5.64. The van der Waals surface area contributed by atoms with Crippen molar-refractivity contribution in [2.75, 3.05) is 39.8 Å². The van der Waals surface area contributed by atoms with E-state index < -0.39 is 0 Å². The van der Waals surface area contributed by atoms with Crippen LogP contribution in [0.5, 0.6) is 0 Å². The van der Waals surface area contributed by atoms with Gasteiger partial charge >= 0.3 is 0 Å². The van der Waals surface area contributed by atoms with Gasteiger partial charge in [-0.1, -0.05) is 6.92 Å². The van der Waals surface area contributed by atoms with Crippen molar-refractivity contribution >= 4 is 0 Å². The molecule has 0 aliphatic carbocycles. The molecule has 1 N–H and O–H groups in total. The first-order valence-electron chi connectivity index (χ1n) is 7.96. The van der Waals surface area contributed by atoms with Gasteiger partial charge in [0, 0.05) is 25.2 Å². The summed E-state index contributed by atoms with van der Waals surface area (Å²) in [6, 6.07) is 2.18. The Balaban J connectivity index is 1.66. The molecule has 1 aliphatic rings. The summed E-state index contributed by atoms with van der Waals surface area (Å²) < 4.78 is 5.64. The Bertz CT molecular complexity index is 372. The molecule has 20 heavy (non-hydrogen) atoms. The summed E-state index contributed by atoms with van der Waals surface area (Å²) in [6.07, 6.45) is 5.79. The number of hydrogen-bond donors (Lipinski definition) is 1. The van der Waals surface area contributed by atoms with Gasteiger partial charge in [-0.2, -0.15) is 0 Å². The summed E-state index contributed by atoms with van der Waals surface area (Å²) in [5.74, 6) is 1.07. The topological polar surface area (TPSA) is 31.7 Å². The lowest BCUT2D eigenvalue weighted by Crippen LogP contribution is -2.31. The van der Waals surface area contributed by atoms with Crippen LogP contribution < -0.4 is 5.32 Å². The van der Waals surface area contributed by atoms with Gasteiger partial charge in [0.1, 0.15) is 5.76 Å². The second-order valence-corrected chi connectivity index (χ2v) is 5.88. The van der Waals surface area contributed by atoms with E-state index in [-0.39, 0.29) is 0 Å². The van der Waals surface area contributed by atoms with Crippen LogP contribution in [0.25, 0.3) is 0 Å². The van der Waals surface area contributed by atoms with Gasteiger partial charge in [-0.25, -0.2) is 0 Å². The number of rotatable bonds is 9. The predicted octanol–water partition coefficient (Wildman–Crippen LogP) is 2.31. The molecule has 1 aliphatic heterocycles. The molecule has 0 saturated carbocycles. The fourth-order valence-electron chi connectivity index (χ4n) is 2.67. The average molecular weight is 279 g/mol. The van der Waals surface area contributed by atoms with Gasteiger partial charge in [-0.15, -0.1) is 0 Å². The lowest BCUT2D eigenvalue weighted by molar-refractivity contribution is 0.239. The van der Waals surface area contributed by atoms with Crippen molar-refractivity contribution in [2.45, 2.75) is 39.3 Å². The molecule has 2 heterocycles. The van der Waals surface area contributed by atoms with Crippen LogP contribution in [0.15, 0.2) is 16.7 Å². The third kappa shape index (κ3) is 5.27. The first-order chi connectivity index (χ1) is 9.78. The molecule has 4 heteroatoms. The van der Waals surface area contributed by atoms with E-state index in [2.05, 4.69) is 35.2 Å². The monoisotopic (exact) mass is 279 g/mol. The molecule has 0 bridgehead atoms. The molecule has 114 valence electrons. The molecular formula is C16H29N3O. The van der Waals surface area contributed by atoms with E-state index in [1.807, 2.05) is 6.26 Å². The van der Waals surface area contributed by atoms with E-state index in [0.717, 1.165) is 31.9 Å². The van der Waals surface area contributed by atoms with Crippen molar-refractivity contribution in [2.24, 2.45) is 0 Å². The van der Waals surface area contributed by atoms with Gasteiger partial charge in [0.15, 0.2) is 0 Å². The van der Waals surface area contributed by atoms with E-state index in [9.17, 15) is 0 Å². The van der Waals surface area contributed by atoms with Crippen LogP contribution in [0.2, 0.25) is 0 Å². The molecule has 1 aromatic heterocycles. The number of hydrogen-bond acceptors (Lipinski definition) is 4. The minimum Gasteiger partial charge on any atom is -0.468 e. The van der Waals surface area contributed by atoms with E-state index in [1.165, 1.54) is 44.5 Å². The zero-order chi connectivity index (χ0) is 14.2. The predicted molar refractivity (Wildman–Crippen MR) is 82.7 cm³/mol. The van der Waals surface area contributed by atoms with Crippen LogP contribution in [0.1, 0.15) is 37.5 Å². The van der Waals surface area contributed by atoms with E-state index in [1.54, 1.807) is 0 Å². The zero-order valence-electron chi connectivity index (χ0n) is 13.0.